The maximum absolute atomic E-state index is 4.19. The van der Waals surface area contributed by atoms with Crippen molar-refractivity contribution in [1.82, 2.24) is 10.3 Å². The standard InChI is InChI=1S/C12H18N2/c1-9-11(5-6-12(9)13-2)10-4-3-7-14-8-10/h3-4,7-9,11-13H,5-6H2,1-2H3. The Bertz CT molecular complexity index is 284. The normalized spacial score (nSPS) is 32.0. The smallest absolute Gasteiger partial charge is 0.0302 e. The molecule has 1 aromatic heterocycles. The van der Waals surface area contributed by atoms with Gasteiger partial charge in [0.1, 0.15) is 0 Å². The number of rotatable bonds is 2. The van der Waals surface area contributed by atoms with Crippen LogP contribution >= 0.6 is 0 Å². The lowest BCUT2D eigenvalue weighted by molar-refractivity contribution is 0.428. The van der Waals surface area contributed by atoms with Gasteiger partial charge in [0.2, 0.25) is 0 Å². The molecule has 14 heavy (non-hydrogen) atoms. The summed E-state index contributed by atoms with van der Waals surface area (Å²) >= 11 is 0. The van der Waals surface area contributed by atoms with Crippen LogP contribution in [0.15, 0.2) is 24.5 Å². The van der Waals surface area contributed by atoms with E-state index in [0.717, 1.165) is 5.92 Å². The van der Waals surface area contributed by atoms with Crippen molar-refractivity contribution in [1.29, 1.82) is 0 Å². The largest absolute Gasteiger partial charge is 0.317 e. The Balaban J connectivity index is 2.14. The minimum atomic E-state index is 0.681. The third-order valence-corrected chi connectivity index (χ3v) is 3.54. The molecule has 2 rings (SSSR count). The molecular formula is C12H18N2. The SMILES string of the molecule is CNC1CCC(c2cccnc2)C1C. The zero-order chi connectivity index (χ0) is 9.97. The van der Waals surface area contributed by atoms with Crippen LogP contribution in [0, 0.1) is 5.92 Å². The van der Waals surface area contributed by atoms with Crippen molar-refractivity contribution < 1.29 is 0 Å². The lowest BCUT2D eigenvalue weighted by Crippen LogP contribution is -2.28. The van der Waals surface area contributed by atoms with Crippen molar-refractivity contribution in [3.05, 3.63) is 30.1 Å². The van der Waals surface area contributed by atoms with Crippen molar-refractivity contribution in [3.63, 3.8) is 0 Å². The molecule has 0 amide bonds. The van der Waals surface area contributed by atoms with Gasteiger partial charge in [-0.25, -0.2) is 0 Å². The van der Waals surface area contributed by atoms with Gasteiger partial charge in [0.15, 0.2) is 0 Å². The zero-order valence-electron chi connectivity index (χ0n) is 8.90. The Morgan fingerprint density at radius 3 is 2.86 bits per heavy atom. The van der Waals surface area contributed by atoms with E-state index in [1.54, 1.807) is 0 Å². The number of hydrogen-bond acceptors (Lipinski definition) is 2. The molecule has 1 saturated carbocycles. The number of aromatic nitrogens is 1. The fourth-order valence-electron chi connectivity index (χ4n) is 2.64. The second-order valence-corrected chi connectivity index (χ2v) is 4.22. The van der Waals surface area contributed by atoms with Crippen LogP contribution in [0.5, 0.6) is 0 Å². The van der Waals surface area contributed by atoms with Gasteiger partial charge in [-0.3, -0.25) is 4.98 Å². The fraction of sp³-hybridized carbons (Fsp3) is 0.583. The third kappa shape index (κ3) is 1.67. The Kier molecular flexibility index (Phi) is 2.82. The maximum atomic E-state index is 4.19. The van der Waals surface area contributed by atoms with E-state index in [0.29, 0.717) is 12.0 Å². The van der Waals surface area contributed by atoms with Gasteiger partial charge in [-0.2, -0.15) is 0 Å². The van der Waals surface area contributed by atoms with Gasteiger partial charge in [-0.05, 0) is 43.4 Å². The van der Waals surface area contributed by atoms with Crippen LogP contribution < -0.4 is 5.32 Å². The van der Waals surface area contributed by atoms with E-state index in [9.17, 15) is 0 Å². The number of pyridine rings is 1. The minimum absolute atomic E-state index is 0.681. The lowest BCUT2D eigenvalue weighted by atomic mass is 9.90. The zero-order valence-corrected chi connectivity index (χ0v) is 8.90. The summed E-state index contributed by atoms with van der Waals surface area (Å²) < 4.78 is 0. The van der Waals surface area contributed by atoms with Crippen molar-refractivity contribution in [2.24, 2.45) is 5.92 Å². The molecule has 2 nitrogen and oxygen atoms in total. The van der Waals surface area contributed by atoms with Gasteiger partial charge in [0.05, 0.1) is 0 Å². The van der Waals surface area contributed by atoms with E-state index >= 15 is 0 Å². The monoisotopic (exact) mass is 190 g/mol. The molecule has 76 valence electrons. The number of hydrogen-bond donors (Lipinski definition) is 1. The van der Waals surface area contributed by atoms with E-state index in [4.69, 9.17) is 0 Å². The first-order valence-electron chi connectivity index (χ1n) is 5.40. The second kappa shape index (κ2) is 4.09. The Morgan fingerprint density at radius 2 is 2.29 bits per heavy atom. The lowest BCUT2D eigenvalue weighted by Gasteiger charge is -2.20. The van der Waals surface area contributed by atoms with Crippen molar-refractivity contribution >= 4 is 0 Å². The Hall–Kier alpha value is -0.890. The first-order valence-corrected chi connectivity index (χ1v) is 5.40. The highest BCUT2D eigenvalue weighted by atomic mass is 14.9. The van der Waals surface area contributed by atoms with Gasteiger partial charge in [-0.1, -0.05) is 13.0 Å². The van der Waals surface area contributed by atoms with Crippen LogP contribution in [0.1, 0.15) is 31.2 Å². The molecule has 0 aromatic carbocycles. The molecule has 3 unspecified atom stereocenters. The molecular weight excluding hydrogens is 172 g/mol. The first kappa shape index (κ1) is 9.66. The quantitative estimate of drug-likeness (QED) is 0.773. The molecule has 0 spiro atoms. The summed E-state index contributed by atoms with van der Waals surface area (Å²) in [6.45, 7) is 2.34. The van der Waals surface area contributed by atoms with Gasteiger partial charge in [0.25, 0.3) is 0 Å². The summed E-state index contributed by atoms with van der Waals surface area (Å²) in [5.74, 6) is 1.42. The van der Waals surface area contributed by atoms with Crippen molar-refractivity contribution in [2.75, 3.05) is 7.05 Å². The summed E-state index contributed by atoms with van der Waals surface area (Å²) in [5, 5.41) is 3.39. The van der Waals surface area contributed by atoms with Crippen molar-refractivity contribution in [2.45, 2.75) is 31.7 Å². The number of nitrogens with one attached hydrogen (secondary N) is 1. The molecule has 1 aliphatic carbocycles. The topological polar surface area (TPSA) is 24.9 Å². The molecule has 0 bridgehead atoms. The van der Waals surface area contributed by atoms with Crippen LogP contribution in [0.25, 0.3) is 0 Å². The second-order valence-electron chi connectivity index (χ2n) is 4.22. The van der Waals surface area contributed by atoms with E-state index < -0.39 is 0 Å². The van der Waals surface area contributed by atoms with Crippen LogP contribution in [-0.2, 0) is 0 Å². The molecule has 1 heterocycles. The van der Waals surface area contributed by atoms with E-state index in [2.05, 4.69) is 30.3 Å². The molecule has 1 aromatic rings. The van der Waals surface area contributed by atoms with Crippen LogP contribution in [-0.4, -0.2) is 18.1 Å². The van der Waals surface area contributed by atoms with Crippen LogP contribution in [0.2, 0.25) is 0 Å². The fourth-order valence-corrected chi connectivity index (χ4v) is 2.64. The van der Waals surface area contributed by atoms with E-state index in [1.807, 2.05) is 18.5 Å². The maximum Gasteiger partial charge on any atom is 0.0302 e. The van der Waals surface area contributed by atoms with Gasteiger partial charge in [-0.15, -0.1) is 0 Å². The van der Waals surface area contributed by atoms with Gasteiger partial charge >= 0.3 is 0 Å². The third-order valence-electron chi connectivity index (χ3n) is 3.54. The highest BCUT2D eigenvalue weighted by Gasteiger charge is 2.32. The summed E-state index contributed by atoms with van der Waals surface area (Å²) in [7, 11) is 2.06. The van der Waals surface area contributed by atoms with Crippen LogP contribution in [0.3, 0.4) is 0 Å². The van der Waals surface area contributed by atoms with Crippen LogP contribution in [0.4, 0.5) is 0 Å². The minimum Gasteiger partial charge on any atom is -0.317 e. The molecule has 0 aliphatic heterocycles. The predicted molar refractivity (Wildman–Crippen MR) is 58.2 cm³/mol. The van der Waals surface area contributed by atoms with Gasteiger partial charge in [0, 0.05) is 18.4 Å². The molecule has 1 aliphatic rings. The van der Waals surface area contributed by atoms with Crippen molar-refractivity contribution in [3.8, 4) is 0 Å². The summed E-state index contributed by atoms with van der Waals surface area (Å²) in [5.41, 5.74) is 1.40. The Morgan fingerprint density at radius 1 is 1.43 bits per heavy atom. The summed E-state index contributed by atoms with van der Waals surface area (Å²) in [6.07, 6.45) is 6.44. The molecule has 3 atom stereocenters. The summed E-state index contributed by atoms with van der Waals surface area (Å²) in [6, 6.07) is 4.92. The average molecular weight is 190 g/mol. The molecule has 1 N–H and O–H groups in total. The molecule has 0 radical (unpaired) electrons. The van der Waals surface area contributed by atoms with E-state index in [1.165, 1.54) is 18.4 Å². The first-order chi connectivity index (χ1) is 6.83. The molecule has 2 heteroatoms. The average Bonchev–Trinajstić information content (AvgIpc) is 2.61. The Labute approximate surface area is 85.7 Å². The van der Waals surface area contributed by atoms with Gasteiger partial charge < -0.3 is 5.32 Å². The predicted octanol–water partition coefficient (Wildman–Crippen LogP) is 2.18. The number of nitrogens with zero attached hydrogens (tertiary/aromatic N) is 1. The summed E-state index contributed by atoms with van der Waals surface area (Å²) in [4.78, 5) is 4.19. The van der Waals surface area contributed by atoms with E-state index in [-0.39, 0.29) is 0 Å². The highest BCUT2D eigenvalue weighted by molar-refractivity contribution is 5.18. The highest BCUT2D eigenvalue weighted by Crippen LogP contribution is 2.38. The molecule has 1 fully saturated rings. The molecule has 0 saturated heterocycles.